The monoisotopic (exact) mass is 333 g/mol. The molecule has 5 heteroatoms. The number of anilines is 2. The molecule has 0 heterocycles. The first kappa shape index (κ1) is 18.0. The molecule has 25 heavy (non-hydrogen) atoms. The third-order valence-corrected chi connectivity index (χ3v) is 3.76. The lowest BCUT2D eigenvalue weighted by molar-refractivity contribution is -0.114. The molecule has 0 saturated heterocycles. The summed E-state index contributed by atoms with van der Waals surface area (Å²) in [5.41, 5.74) is 4.08. The molecule has 0 radical (unpaired) electrons. The molecule has 0 unspecified atom stereocenters. The van der Waals surface area contributed by atoms with Gasteiger partial charge in [0.1, 0.15) is 11.6 Å². The second-order valence-electron chi connectivity index (χ2n) is 5.67. The summed E-state index contributed by atoms with van der Waals surface area (Å²) in [7, 11) is 0. The molecule has 0 aliphatic rings. The van der Waals surface area contributed by atoms with Gasteiger partial charge in [0, 0.05) is 18.3 Å². The number of nitriles is 1. The smallest absolute Gasteiger partial charge is 0.266 e. The van der Waals surface area contributed by atoms with Crippen LogP contribution in [0.4, 0.5) is 11.4 Å². The van der Waals surface area contributed by atoms with Gasteiger partial charge in [-0.3, -0.25) is 9.59 Å². The summed E-state index contributed by atoms with van der Waals surface area (Å²) in [6, 6.07) is 14.4. The fourth-order valence-electron chi connectivity index (χ4n) is 2.26. The van der Waals surface area contributed by atoms with Crippen molar-refractivity contribution in [2.45, 2.75) is 20.8 Å². The maximum atomic E-state index is 12.4. The SMILES string of the molecule is CC(=O)Nc1ccc(/C=C(/C#N)C(=O)Nc2cccc(C)c2C)cc1. The van der Waals surface area contributed by atoms with E-state index in [0.29, 0.717) is 16.9 Å². The van der Waals surface area contributed by atoms with Gasteiger partial charge in [-0.2, -0.15) is 5.26 Å². The lowest BCUT2D eigenvalue weighted by atomic mass is 10.1. The highest BCUT2D eigenvalue weighted by atomic mass is 16.2. The lowest BCUT2D eigenvalue weighted by Gasteiger charge is -2.10. The largest absolute Gasteiger partial charge is 0.326 e. The Morgan fingerprint density at radius 1 is 1.04 bits per heavy atom. The number of amides is 2. The van der Waals surface area contributed by atoms with Crippen molar-refractivity contribution in [3.05, 3.63) is 64.7 Å². The second kappa shape index (κ2) is 7.93. The molecule has 0 atom stereocenters. The average Bonchev–Trinajstić information content (AvgIpc) is 2.57. The van der Waals surface area contributed by atoms with Crippen molar-refractivity contribution in [1.29, 1.82) is 5.26 Å². The van der Waals surface area contributed by atoms with Crippen LogP contribution >= 0.6 is 0 Å². The maximum absolute atomic E-state index is 12.4. The van der Waals surface area contributed by atoms with E-state index in [1.807, 2.05) is 32.0 Å². The van der Waals surface area contributed by atoms with Gasteiger partial charge < -0.3 is 10.6 Å². The van der Waals surface area contributed by atoms with Crippen molar-refractivity contribution >= 4 is 29.3 Å². The van der Waals surface area contributed by atoms with Crippen LogP contribution in [0, 0.1) is 25.2 Å². The number of nitrogens with one attached hydrogen (secondary N) is 2. The van der Waals surface area contributed by atoms with Crippen LogP contribution in [0.25, 0.3) is 6.08 Å². The van der Waals surface area contributed by atoms with Gasteiger partial charge in [0.15, 0.2) is 0 Å². The summed E-state index contributed by atoms with van der Waals surface area (Å²) in [6.07, 6.45) is 1.51. The number of benzene rings is 2. The van der Waals surface area contributed by atoms with E-state index in [4.69, 9.17) is 0 Å². The quantitative estimate of drug-likeness (QED) is 0.659. The Morgan fingerprint density at radius 3 is 2.32 bits per heavy atom. The highest BCUT2D eigenvalue weighted by molar-refractivity contribution is 6.10. The summed E-state index contributed by atoms with van der Waals surface area (Å²) in [4.78, 5) is 23.4. The molecule has 2 N–H and O–H groups in total. The summed E-state index contributed by atoms with van der Waals surface area (Å²) in [5, 5.41) is 14.7. The van der Waals surface area contributed by atoms with Crippen molar-refractivity contribution in [2.75, 3.05) is 10.6 Å². The molecular weight excluding hydrogens is 314 g/mol. The molecular formula is C20H19N3O2. The Kier molecular flexibility index (Phi) is 5.70. The highest BCUT2D eigenvalue weighted by Gasteiger charge is 2.11. The molecule has 0 fully saturated rings. The number of hydrogen-bond acceptors (Lipinski definition) is 3. The van der Waals surface area contributed by atoms with Crippen LogP contribution in [0.5, 0.6) is 0 Å². The summed E-state index contributed by atoms with van der Waals surface area (Å²) >= 11 is 0. The summed E-state index contributed by atoms with van der Waals surface area (Å²) in [6.45, 7) is 5.31. The van der Waals surface area contributed by atoms with Crippen LogP contribution in [0.15, 0.2) is 48.0 Å². The summed E-state index contributed by atoms with van der Waals surface area (Å²) < 4.78 is 0. The van der Waals surface area contributed by atoms with Crippen molar-refractivity contribution in [1.82, 2.24) is 0 Å². The van der Waals surface area contributed by atoms with E-state index < -0.39 is 5.91 Å². The van der Waals surface area contributed by atoms with Crippen LogP contribution < -0.4 is 10.6 Å². The Balaban J connectivity index is 2.19. The first-order chi connectivity index (χ1) is 11.9. The molecule has 0 aromatic heterocycles. The average molecular weight is 333 g/mol. The zero-order valence-electron chi connectivity index (χ0n) is 14.4. The predicted octanol–water partition coefficient (Wildman–Crippen LogP) is 3.81. The van der Waals surface area contributed by atoms with Crippen molar-refractivity contribution in [3.63, 3.8) is 0 Å². The third kappa shape index (κ3) is 4.79. The lowest BCUT2D eigenvalue weighted by Crippen LogP contribution is -2.14. The number of carbonyl (C=O) groups excluding carboxylic acids is 2. The second-order valence-corrected chi connectivity index (χ2v) is 5.67. The summed E-state index contributed by atoms with van der Waals surface area (Å²) in [5.74, 6) is -0.615. The van der Waals surface area contributed by atoms with Crippen molar-refractivity contribution in [3.8, 4) is 6.07 Å². The number of carbonyl (C=O) groups is 2. The molecule has 2 aromatic carbocycles. The van der Waals surface area contributed by atoms with E-state index in [0.717, 1.165) is 11.1 Å². The molecule has 5 nitrogen and oxygen atoms in total. The topological polar surface area (TPSA) is 82.0 Å². The van der Waals surface area contributed by atoms with Gasteiger partial charge in [0.05, 0.1) is 0 Å². The predicted molar refractivity (Wildman–Crippen MR) is 98.9 cm³/mol. The van der Waals surface area contributed by atoms with E-state index in [9.17, 15) is 14.9 Å². The van der Waals surface area contributed by atoms with E-state index >= 15 is 0 Å². The van der Waals surface area contributed by atoms with Gasteiger partial charge in [0.2, 0.25) is 5.91 Å². The molecule has 0 bridgehead atoms. The Labute approximate surface area is 147 Å². The minimum atomic E-state index is -0.456. The fourth-order valence-corrected chi connectivity index (χ4v) is 2.26. The van der Waals surface area contributed by atoms with E-state index in [1.54, 1.807) is 30.3 Å². The fraction of sp³-hybridized carbons (Fsp3) is 0.150. The Bertz CT molecular complexity index is 875. The molecule has 2 aromatic rings. The van der Waals surface area contributed by atoms with Crippen LogP contribution in [0.2, 0.25) is 0 Å². The molecule has 0 spiro atoms. The van der Waals surface area contributed by atoms with Crippen LogP contribution in [-0.4, -0.2) is 11.8 Å². The maximum Gasteiger partial charge on any atom is 0.266 e. The molecule has 2 amide bonds. The first-order valence-corrected chi connectivity index (χ1v) is 7.77. The minimum Gasteiger partial charge on any atom is -0.326 e. The number of hydrogen-bond donors (Lipinski definition) is 2. The van der Waals surface area contributed by atoms with Gasteiger partial charge in [0.25, 0.3) is 5.91 Å². The molecule has 2 rings (SSSR count). The number of nitrogens with zero attached hydrogens (tertiary/aromatic N) is 1. The normalized spacial score (nSPS) is 10.7. The van der Waals surface area contributed by atoms with Crippen LogP contribution in [0.3, 0.4) is 0 Å². The number of aryl methyl sites for hydroxylation is 1. The van der Waals surface area contributed by atoms with Gasteiger partial charge in [-0.15, -0.1) is 0 Å². The van der Waals surface area contributed by atoms with Crippen LogP contribution in [0.1, 0.15) is 23.6 Å². The van der Waals surface area contributed by atoms with Crippen molar-refractivity contribution in [2.24, 2.45) is 0 Å². The van der Waals surface area contributed by atoms with E-state index in [-0.39, 0.29) is 11.5 Å². The van der Waals surface area contributed by atoms with Gasteiger partial charge in [-0.05, 0) is 54.8 Å². The van der Waals surface area contributed by atoms with Crippen molar-refractivity contribution < 1.29 is 9.59 Å². The van der Waals surface area contributed by atoms with E-state index in [1.165, 1.54) is 13.0 Å². The zero-order valence-corrected chi connectivity index (χ0v) is 14.4. The molecule has 126 valence electrons. The number of rotatable bonds is 4. The van der Waals surface area contributed by atoms with E-state index in [2.05, 4.69) is 10.6 Å². The Morgan fingerprint density at radius 2 is 1.72 bits per heavy atom. The minimum absolute atomic E-state index is 0.00758. The van der Waals surface area contributed by atoms with Gasteiger partial charge >= 0.3 is 0 Å². The third-order valence-electron chi connectivity index (χ3n) is 3.76. The standard InChI is InChI=1S/C20H19N3O2/c1-13-5-4-6-19(14(13)2)23-20(25)17(12-21)11-16-7-9-18(10-8-16)22-15(3)24/h4-11H,1-3H3,(H,22,24)(H,23,25)/b17-11-. The Hall–Kier alpha value is -3.39. The van der Waals surface area contributed by atoms with Gasteiger partial charge in [-0.25, -0.2) is 0 Å². The molecule has 0 aliphatic heterocycles. The molecule has 0 saturated carbocycles. The van der Waals surface area contributed by atoms with Gasteiger partial charge in [-0.1, -0.05) is 24.3 Å². The highest BCUT2D eigenvalue weighted by Crippen LogP contribution is 2.19. The zero-order chi connectivity index (χ0) is 18.4. The van der Waals surface area contributed by atoms with Crippen LogP contribution in [-0.2, 0) is 9.59 Å². The first-order valence-electron chi connectivity index (χ1n) is 7.77. The molecule has 0 aliphatic carbocycles.